The fourth-order valence-electron chi connectivity index (χ4n) is 1.84. The fourth-order valence-corrected chi connectivity index (χ4v) is 3.19. The number of ether oxygens (including phenoxy) is 1. The van der Waals surface area contributed by atoms with Gasteiger partial charge in [-0.3, -0.25) is 9.59 Å². The van der Waals surface area contributed by atoms with Crippen molar-refractivity contribution in [2.24, 2.45) is 5.73 Å². The summed E-state index contributed by atoms with van der Waals surface area (Å²) in [6.07, 6.45) is 5.77. The monoisotopic (exact) mass is 419 g/mol. The van der Waals surface area contributed by atoms with Gasteiger partial charge in [0.05, 0.1) is 8.95 Å². The van der Waals surface area contributed by atoms with Gasteiger partial charge >= 0.3 is 5.97 Å². The largest absolute Gasteiger partial charge is 0.424 e. The van der Waals surface area contributed by atoms with Gasteiger partial charge in [-0.15, -0.1) is 0 Å². The number of hydrogen-bond acceptors (Lipinski definition) is 3. The molecule has 0 atom stereocenters. The van der Waals surface area contributed by atoms with Gasteiger partial charge in [0.2, 0.25) is 5.91 Å². The molecule has 0 aliphatic rings. The first-order valence-electron chi connectivity index (χ1n) is 6.95. The molecule has 0 fully saturated rings. The number of unbranched alkanes of at least 4 members (excludes halogenated alkanes) is 4. The average molecular weight is 421 g/mol. The van der Waals surface area contributed by atoms with E-state index in [1.54, 1.807) is 0 Å². The van der Waals surface area contributed by atoms with Crippen molar-refractivity contribution in [2.45, 2.75) is 45.4 Å². The third kappa shape index (κ3) is 6.18. The molecule has 0 saturated heterocycles. The van der Waals surface area contributed by atoms with Gasteiger partial charge in [0.25, 0.3) is 0 Å². The van der Waals surface area contributed by atoms with Crippen LogP contribution in [0.2, 0.25) is 0 Å². The summed E-state index contributed by atoms with van der Waals surface area (Å²) in [7, 11) is 0. The second kappa shape index (κ2) is 9.20. The summed E-state index contributed by atoms with van der Waals surface area (Å²) in [6.45, 7) is 2.15. The summed E-state index contributed by atoms with van der Waals surface area (Å²) >= 11 is 6.56. The first-order chi connectivity index (χ1) is 9.95. The van der Waals surface area contributed by atoms with Gasteiger partial charge in [-0.2, -0.15) is 0 Å². The summed E-state index contributed by atoms with van der Waals surface area (Å²) in [5, 5.41) is 0. The van der Waals surface area contributed by atoms with Gasteiger partial charge < -0.3 is 10.5 Å². The molecular formula is C15H19Br2NO3. The highest BCUT2D eigenvalue weighted by Crippen LogP contribution is 2.35. The number of carbonyl (C=O) groups excluding carboxylic acids is 2. The summed E-state index contributed by atoms with van der Waals surface area (Å²) in [4.78, 5) is 23.0. The Morgan fingerprint density at radius 3 is 2.19 bits per heavy atom. The van der Waals surface area contributed by atoms with E-state index >= 15 is 0 Å². The SMILES string of the molecule is CCCCCCCC(=O)Oc1c(Br)cc(C(N)=O)cc1Br. The molecule has 6 heteroatoms. The minimum Gasteiger partial charge on any atom is -0.424 e. The number of amides is 1. The predicted molar refractivity (Wildman–Crippen MR) is 89.4 cm³/mol. The number of primary amides is 1. The van der Waals surface area contributed by atoms with E-state index in [0.717, 1.165) is 19.3 Å². The molecule has 4 nitrogen and oxygen atoms in total. The summed E-state index contributed by atoms with van der Waals surface area (Å²) in [5.74, 6) is -0.441. The van der Waals surface area contributed by atoms with Gasteiger partial charge in [0.15, 0.2) is 5.75 Å². The van der Waals surface area contributed by atoms with Crippen LogP contribution in [0.25, 0.3) is 0 Å². The molecule has 1 aromatic rings. The van der Waals surface area contributed by atoms with Gasteiger partial charge in [-0.25, -0.2) is 0 Å². The number of carbonyl (C=O) groups is 2. The van der Waals surface area contributed by atoms with Gasteiger partial charge in [-0.05, 0) is 50.4 Å². The Bertz CT molecular complexity index is 495. The molecule has 0 radical (unpaired) electrons. The van der Waals surface area contributed by atoms with Crippen LogP contribution in [-0.2, 0) is 4.79 Å². The number of hydrogen-bond donors (Lipinski definition) is 1. The van der Waals surface area contributed by atoms with Crippen LogP contribution in [0, 0.1) is 0 Å². The summed E-state index contributed by atoms with van der Waals surface area (Å²) in [5.41, 5.74) is 5.56. The van der Waals surface area contributed by atoms with Crippen molar-refractivity contribution in [2.75, 3.05) is 0 Å². The van der Waals surface area contributed by atoms with Crippen molar-refractivity contribution in [1.82, 2.24) is 0 Å². The minimum absolute atomic E-state index is 0.278. The van der Waals surface area contributed by atoms with Crippen LogP contribution < -0.4 is 10.5 Å². The van der Waals surface area contributed by atoms with Gasteiger partial charge in [-0.1, -0.05) is 32.6 Å². The Labute approximate surface area is 141 Å². The molecule has 1 rings (SSSR count). The zero-order valence-corrected chi connectivity index (χ0v) is 15.1. The number of benzene rings is 1. The molecule has 0 saturated carbocycles. The molecule has 0 heterocycles. The van der Waals surface area contributed by atoms with Crippen LogP contribution >= 0.6 is 31.9 Å². The van der Waals surface area contributed by atoms with E-state index in [0.29, 0.717) is 26.7 Å². The lowest BCUT2D eigenvalue weighted by Crippen LogP contribution is -2.12. The van der Waals surface area contributed by atoms with E-state index in [4.69, 9.17) is 10.5 Å². The minimum atomic E-state index is -0.537. The summed E-state index contributed by atoms with van der Waals surface area (Å²) < 4.78 is 6.37. The molecule has 1 amide bonds. The van der Waals surface area contributed by atoms with Crippen LogP contribution in [-0.4, -0.2) is 11.9 Å². The highest BCUT2D eigenvalue weighted by Gasteiger charge is 2.15. The lowest BCUT2D eigenvalue weighted by atomic mass is 10.1. The lowest BCUT2D eigenvalue weighted by molar-refractivity contribution is -0.134. The molecule has 1 aromatic carbocycles. The number of esters is 1. The van der Waals surface area contributed by atoms with Crippen molar-refractivity contribution in [1.29, 1.82) is 0 Å². The van der Waals surface area contributed by atoms with E-state index in [2.05, 4.69) is 38.8 Å². The topological polar surface area (TPSA) is 69.4 Å². The van der Waals surface area contributed by atoms with Gasteiger partial charge in [0.1, 0.15) is 0 Å². The molecule has 0 aromatic heterocycles. The zero-order chi connectivity index (χ0) is 15.8. The van der Waals surface area contributed by atoms with E-state index in [1.807, 2.05) is 0 Å². The van der Waals surface area contributed by atoms with E-state index in [-0.39, 0.29) is 5.97 Å². The van der Waals surface area contributed by atoms with E-state index in [1.165, 1.54) is 25.0 Å². The van der Waals surface area contributed by atoms with Crippen LogP contribution in [0.5, 0.6) is 5.75 Å². The van der Waals surface area contributed by atoms with Crippen molar-refractivity contribution >= 4 is 43.7 Å². The first kappa shape index (κ1) is 18.2. The molecule has 2 N–H and O–H groups in total. The average Bonchev–Trinajstić information content (AvgIpc) is 2.42. The Kier molecular flexibility index (Phi) is 7.96. The van der Waals surface area contributed by atoms with Crippen LogP contribution in [0.1, 0.15) is 55.8 Å². The highest BCUT2D eigenvalue weighted by atomic mass is 79.9. The molecule has 0 spiro atoms. The number of rotatable bonds is 8. The third-order valence-corrected chi connectivity index (χ3v) is 4.16. The molecule has 21 heavy (non-hydrogen) atoms. The first-order valence-corrected chi connectivity index (χ1v) is 8.53. The molecule has 0 unspecified atom stereocenters. The van der Waals surface area contributed by atoms with Crippen LogP contribution in [0.3, 0.4) is 0 Å². The standard InChI is InChI=1S/C15H19Br2NO3/c1-2-3-4-5-6-7-13(19)21-14-11(16)8-10(15(18)20)9-12(14)17/h8-9H,2-7H2,1H3,(H2,18,20). The second-order valence-electron chi connectivity index (χ2n) is 4.77. The van der Waals surface area contributed by atoms with Crippen molar-refractivity contribution < 1.29 is 14.3 Å². The van der Waals surface area contributed by atoms with Crippen molar-refractivity contribution in [3.05, 3.63) is 26.6 Å². The van der Waals surface area contributed by atoms with E-state index in [9.17, 15) is 9.59 Å². The van der Waals surface area contributed by atoms with E-state index < -0.39 is 5.91 Å². The Hall–Kier alpha value is -0.880. The predicted octanol–water partition coefficient (Wildman–Crippen LogP) is 4.58. The molecule has 0 bridgehead atoms. The number of halogens is 2. The maximum absolute atomic E-state index is 11.8. The Morgan fingerprint density at radius 1 is 1.10 bits per heavy atom. The smallest absolute Gasteiger partial charge is 0.311 e. The maximum atomic E-state index is 11.8. The third-order valence-electron chi connectivity index (χ3n) is 2.98. The maximum Gasteiger partial charge on any atom is 0.311 e. The van der Waals surface area contributed by atoms with Crippen molar-refractivity contribution in [3.8, 4) is 5.75 Å². The lowest BCUT2D eigenvalue weighted by Gasteiger charge is -2.10. The van der Waals surface area contributed by atoms with Crippen LogP contribution in [0.4, 0.5) is 0 Å². The fraction of sp³-hybridized carbons (Fsp3) is 0.467. The Balaban J connectivity index is 2.58. The second-order valence-corrected chi connectivity index (χ2v) is 6.48. The molecule has 116 valence electrons. The zero-order valence-electron chi connectivity index (χ0n) is 12.0. The summed E-state index contributed by atoms with van der Waals surface area (Å²) in [6, 6.07) is 3.08. The highest BCUT2D eigenvalue weighted by molar-refractivity contribution is 9.11. The van der Waals surface area contributed by atoms with Crippen molar-refractivity contribution in [3.63, 3.8) is 0 Å². The molecular weight excluding hydrogens is 402 g/mol. The normalized spacial score (nSPS) is 10.4. The van der Waals surface area contributed by atoms with Gasteiger partial charge in [0, 0.05) is 12.0 Å². The Morgan fingerprint density at radius 2 is 1.67 bits per heavy atom. The van der Waals surface area contributed by atoms with Crippen LogP contribution in [0.15, 0.2) is 21.1 Å². The quantitative estimate of drug-likeness (QED) is 0.380. The molecule has 0 aliphatic carbocycles. The number of nitrogens with two attached hydrogens (primary N) is 1. The molecule has 0 aliphatic heterocycles.